The van der Waals surface area contributed by atoms with E-state index < -0.39 is 0 Å². The lowest BCUT2D eigenvalue weighted by molar-refractivity contribution is -0.126. The number of carbonyl (C=O) groups excluding carboxylic acids is 1. The summed E-state index contributed by atoms with van der Waals surface area (Å²) in [5.74, 6) is 1.02. The molecule has 1 aliphatic heterocycles. The molecule has 1 aromatic rings. The van der Waals surface area contributed by atoms with Gasteiger partial charge in [-0.05, 0) is 33.2 Å². The zero-order valence-electron chi connectivity index (χ0n) is 10.3. The third-order valence-electron chi connectivity index (χ3n) is 3.11. The van der Waals surface area contributed by atoms with E-state index in [1.165, 1.54) is 0 Å². The maximum Gasteiger partial charge on any atom is 0.223 e. The minimum atomic E-state index is 0.124. The van der Waals surface area contributed by atoms with E-state index in [1.54, 1.807) is 0 Å². The SMILES string of the molecule is Cc1cc(CNC(=O)C2CCNC(C)C2)no1. The third kappa shape index (κ3) is 3.30. The first kappa shape index (κ1) is 12.1. The summed E-state index contributed by atoms with van der Waals surface area (Å²) in [5, 5.41) is 10.1. The highest BCUT2D eigenvalue weighted by atomic mass is 16.5. The van der Waals surface area contributed by atoms with Gasteiger partial charge in [-0.3, -0.25) is 4.79 Å². The van der Waals surface area contributed by atoms with Crippen molar-refractivity contribution in [2.45, 2.75) is 39.3 Å². The van der Waals surface area contributed by atoms with E-state index in [0.29, 0.717) is 12.6 Å². The van der Waals surface area contributed by atoms with Crippen LogP contribution in [0.15, 0.2) is 10.6 Å². The molecule has 1 amide bonds. The quantitative estimate of drug-likeness (QED) is 0.822. The van der Waals surface area contributed by atoms with Gasteiger partial charge in [-0.15, -0.1) is 0 Å². The van der Waals surface area contributed by atoms with Gasteiger partial charge in [0.15, 0.2) is 0 Å². The van der Waals surface area contributed by atoms with Crippen molar-refractivity contribution < 1.29 is 9.32 Å². The minimum Gasteiger partial charge on any atom is -0.361 e. The van der Waals surface area contributed by atoms with Crippen LogP contribution in [0.3, 0.4) is 0 Å². The number of rotatable bonds is 3. The van der Waals surface area contributed by atoms with E-state index in [9.17, 15) is 4.79 Å². The van der Waals surface area contributed by atoms with Crippen LogP contribution < -0.4 is 10.6 Å². The first-order valence-electron chi connectivity index (χ1n) is 6.08. The van der Waals surface area contributed by atoms with E-state index >= 15 is 0 Å². The predicted octanol–water partition coefficient (Wildman–Crippen LogP) is 0.987. The number of carbonyl (C=O) groups is 1. The molecule has 2 atom stereocenters. The fraction of sp³-hybridized carbons (Fsp3) is 0.667. The molecule has 0 aromatic carbocycles. The van der Waals surface area contributed by atoms with Crippen LogP contribution in [0.5, 0.6) is 0 Å². The molecule has 2 heterocycles. The van der Waals surface area contributed by atoms with Gasteiger partial charge in [0.2, 0.25) is 5.91 Å². The molecule has 0 bridgehead atoms. The second-order valence-electron chi connectivity index (χ2n) is 4.72. The molecule has 5 nitrogen and oxygen atoms in total. The summed E-state index contributed by atoms with van der Waals surface area (Å²) in [6.07, 6.45) is 1.82. The monoisotopic (exact) mass is 237 g/mol. The molecule has 0 saturated carbocycles. The zero-order valence-corrected chi connectivity index (χ0v) is 10.3. The predicted molar refractivity (Wildman–Crippen MR) is 63.3 cm³/mol. The Morgan fingerprint density at radius 3 is 3.18 bits per heavy atom. The normalized spacial score (nSPS) is 24.6. The summed E-state index contributed by atoms with van der Waals surface area (Å²) in [6.45, 7) is 5.32. The van der Waals surface area contributed by atoms with Gasteiger partial charge in [-0.1, -0.05) is 5.16 Å². The molecule has 2 N–H and O–H groups in total. The highest BCUT2D eigenvalue weighted by Gasteiger charge is 2.24. The summed E-state index contributed by atoms with van der Waals surface area (Å²) in [7, 11) is 0. The number of aromatic nitrogens is 1. The van der Waals surface area contributed by atoms with Gasteiger partial charge < -0.3 is 15.2 Å². The maximum atomic E-state index is 11.9. The van der Waals surface area contributed by atoms with Crippen LogP contribution in [0.1, 0.15) is 31.2 Å². The molecule has 0 aliphatic carbocycles. The van der Waals surface area contributed by atoms with Gasteiger partial charge in [0, 0.05) is 18.0 Å². The summed E-state index contributed by atoms with van der Waals surface area (Å²) in [6, 6.07) is 2.26. The number of amides is 1. The topological polar surface area (TPSA) is 67.2 Å². The standard InChI is InChI=1S/C12H19N3O2/c1-8-5-10(3-4-13-8)12(16)14-7-11-6-9(2)17-15-11/h6,8,10,13H,3-5,7H2,1-2H3,(H,14,16). The fourth-order valence-electron chi connectivity index (χ4n) is 2.19. The highest BCUT2D eigenvalue weighted by molar-refractivity contribution is 5.78. The second kappa shape index (κ2) is 5.31. The van der Waals surface area contributed by atoms with Crippen LogP contribution in [-0.2, 0) is 11.3 Å². The van der Waals surface area contributed by atoms with Crippen molar-refractivity contribution >= 4 is 5.91 Å². The molecule has 1 aliphatic rings. The Bertz CT molecular complexity index is 389. The Morgan fingerprint density at radius 2 is 2.53 bits per heavy atom. The van der Waals surface area contributed by atoms with Gasteiger partial charge in [-0.2, -0.15) is 0 Å². The fourth-order valence-corrected chi connectivity index (χ4v) is 2.19. The van der Waals surface area contributed by atoms with Crippen molar-refractivity contribution in [3.8, 4) is 0 Å². The van der Waals surface area contributed by atoms with Gasteiger partial charge in [0.05, 0.1) is 6.54 Å². The van der Waals surface area contributed by atoms with E-state index in [1.807, 2.05) is 13.0 Å². The number of aryl methyl sites for hydroxylation is 1. The lowest BCUT2D eigenvalue weighted by Gasteiger charge is -2.26. The minimum absolute atomic E-state index is 0.124. The summed E-state index contributed by atoms with van der Waals surface area (Å²) in [5.41, 5.74) is 0.776. The number of piperidine rings is 1. The van der Waals surface area contributed by atoms with E-state index in [2.05, 4.69) is 22.7 Å². The highest BCUT2D eigenvalue weighted by Crippen LogP contribution is 2.16. The molecule has 94 valence electrons. The summed E-state index contributed by atoms with van der Waals surface area (Å²) >= 11 is 0. The van der Waals surface area contributed by atoms with Gasteiger partial charge >= 0.3 is 0 Å². The molecule has 2 rings (SSSR count). The van der Waals surface area contributed by atoms with Crippen LogP contribution in [0.4, 0.5) is 0 Å². The largest absolute Gasteiger partial charge is 0.361 e. The molecular weight excluding hydrogens is 218 g/mol. The summed E-state index contributed by atoms with van der Waals surface area (Å²) < 4.78 is 4.95. The van der Waals surface area contributed by atoms with Gasteiger partial charge in [0.25, 0.3) is 0 Å². The molecule has 0 spiro atoms. The molecular formula is C12H19N3O2. The van der Waals surface area contributed by atoms with E-state index in [-0.39, 0.29) is 11.8 Å². The van der Waals surface area contributed by atoms with E-state index in [4.69, 9.17) is 4.52 Å². The van der Waals surface area contributed by atoms with Crippen molar-refractivity contribution in [3.63, 3.8) is 0 Å². The Balaban J connectivity index is 1.80. The van der Waals surface area contributed by atoms with Crippen molar-refractivity contribution in [3.05, 3.63) is 17.5 Å². The van der Waals surface area contributed by atoms with Gasteiger partial charge in [0.1, 0.15) is 11.5 Å². The van der Waals surface area contributed by atoms with Crippen molar-refractivity contribution in [2.75, 3.05) is 6.54 Å². The smallest absolute Gasteiger partial charge is 0.223 e. The van der Waals surface area contributed by atoms with Crippen LogP contribution in [0, 0.1) is 12.8 Å². The van der Waals surface area contributed by atoms with Crippen LogP contribution >= 0.6 is 0 Å². The lowest BCUT2D eigenvalue weighted by Crippen LogP contribution is -2.42. The van der Waals surface area contributed by atoms with Crippen LogP contribution in [0.2, 0.25) is 0 Å². The van der Waals surface area contributed by atoms with E-state index in [0.717, 1.165) is 30.8 Å². The molecule has 1 saturated heterocycles. The number of nitrogens with zero attached hydrogens (tertiary/aromatic N) is 1. The number of hydrogen-bond donors (Lipinski definition) is 2. The molecule has 1 fully saturated rings. The number of nitrogens with one attached hydrogen (secondary N) is 2. The first-order chi connectivity index (χ1) is 8.15. The molecule has 17 heavy (non-hydrogen) atoms. The Morgan fingerprint density at radius 1 is 1.71 bits per heavy atom. The molecule has 5 heteroatoms. The first-order valence-corrected chi connectivity index (χ1v) is 6.08. The van der Waals surface area contributed by atoms with Crippen LogP contribution in [0.25, 0.3) is 0 Å². The van der Waals surface area contributed by atoms with Crippen LogP contribution in [-0.4, -0.2) is 23.7 Å². The average Bonchev–Trinajstić information content (AvgIpc) is 2.72. The Hall–Kier alpha value is -1.36. The zero-order chi connectivity index (χ0) is 12.3. The Kier molecular flexibility index (Phi) is 3.78. The average molecular weight is 237 g/mol. The molecule has 1 aromatic heterocycles. The molecule has 2 unspecified atom stereocenters. The van der Waals surface area contributed by atoms with Gasteiger partial charge in [-0.25, -0.2) is 0 Å². The second-order valence-corrected chi connectivity index (χ2v) is 4.72. The Labute approximate surface area is 101 Å². The third-order valence-corrected chi connectivity index (χ3v) is 3.11. The molecule has 0 radical (unpaired) electrons. The summed E-state index contributed by atoms with van der Waals surface area (Å²) in [4.78, 5) is 11.9. The van der Waals surface area contributed by atoms with Crippen molar-refractivity contribution in [1.29, 1.82) is 0 Å². The maximum absolute atomic E-state index is 11.9. The number of hydrogen-bond acceptors (Lipinski definition) is 4. The van der Waals surface area contributed by atoms with Crippen molar-refractivity contribution in [1.82, 2.24) is 15.8 Å². The van der Waals surface area contributed by atoms with Crippen molar-refractivity contribution in [2.24, 2.45) is 5.92 Å². The lowest BCUT2D eigenvalue weighted by atomic mass is 9.92.